The van der Waals surface area contributed by atoms with Gasteiger partial charge in [-0.1, -0.05) is 19.4 Å². The van der Waals surface area contributed by atoms with Gasteiger partial charge in [-0.3, -0.25) is 4.98 Å². The van der Waals surface area contributed by atoms with E-state index >= 15 is 4.39 Å². The summed E-state index contributed by atoms with van der Waals surface area (Å²) in [5.74, 6) is -0.480. The van der Waals surface area contributed by atoms with E-state index in [1.54, 1.807) is 18.3 Å². The van der Waals surface area contributed by atoms with Crippen LogP contribution in [0.5, 0.6) is 11.8 Å². The number of nitrogens with zero attached hydrogens (tertiary/aromatic N) is 5. The summed E-state index contributed by atoms with van der Waals surface area (Å²) < 4.78 is 44.3. The minimum Gasteiger partial charge on any atom is -0.508 e. The Morgan fingerprint density at radius 3 is 2.57 bits per heavy atom. The van der Waals surface area contributed by atoms with Crippen LogP contribution in [-0.2, 0) is 11.2 Å². The summed E-state index contributed by atoms with van der Waals surface area (Å²) in [5, 5.41) is 12.2. The number of pyridine rings is 1. The number of fused-ring (bicyclic) bond motifs is 2. The van der Waals surface area contributed by atoms with E-state index in [9.17, 15) is 9.50 Å². The minimum atomic E-state index is -0.648. The minimum absolute atomic E-state index is 0.00509. The van der Waals surface area contributed by atoms with Crippen molar-refractivity contribution in [1.29, 1.82) is 0 Å². The molecule has 4 aromatic rings. The van der Waals surface area contributed by atoms with Gasteiger partial charge in [-0.25, -0.2) is 8.78 Å². The Morgan fingerprint density at radius 2 is 1.83 bits per heavy atom. The standard InChI is InChI=1S/C36H41F2N5O3/c1-2-25-28(37)8-7-23-17-24(44)18-26(29(23)25)31-30(38)32-27(19-39-31)33(43-15-6-9-36(21-43)12-16-46-36)41-34(40-32)45-22-35(10-11-35)20-42-13-4-3-5-14-42/h7-8,17-19,44H,2-6,9-16,20-22H2,1H3. The quantitative estimate of drug-likeness (QED) is 0.228. The first-order valence-corrected chi connectivity index (χ1v) is 16.9. The average molecular weight is 630 g/mol. The Morgan fingerprint density at radius 1 is 1.00 bits per heavy atom. The van der Waals surface area contributed by atoms with Gasteiger partial charge in [-0.05, 0) is 92.6 Å². The predicted octanol–water partition coefficient (Wildman–Crippen LogP) is 6.80. The molecule has 1 saturated carbocycles. The molecule has 1 atom stereocenters. The fraction of sp³-hybridized carbons (Fsp3) is 0.528. The molecule has 8 nitrogen and oxygen atoms in total. The van der Waals surface area contributed by atoms with Gasteiger partial charge >= 0.3 is 6.01 Å². The lowest BCUT2D eigenvalue weighted by atomic mass is 9.86. The number of aromatic nitrogens is 3. The number of phenols is 1. The molecule has 3 saturated heterocycles. The Bertz CT molecular complexity index is 1800. The molecule has 0 bridgehead atoms. The van der Waals surface area contributed by atoms with E-state index in [0.717, 1.165) is 64.9 Å². The second-order valence-corrected chi connectivity index (χ2v) is 13.9. The zero-order valence-corrected chi connectivity index (χ0v) is 26.5. The summed E-state index contributed by atoms with van der Waals surface area (Å²) in [6, 6.07) is 6.16. The largest absolute Gasteiger partial charge is 0.508 e. The summed E-state index contributed by atoms with van der Waals surface area (Å²) in [6.45, 7) is 7.78. The molecule has 0 amide bonds. The summed E-state index contributed by atoms with van der Waals surface area (Å²) in [5.41, 5.74) is 0.760. The van der Waals surface area contributed by atoms with Gasteiger partial charge in [0.15, 0.2) is 5.82 Å². The number of rotatable bonds is 8. The van der Waals surface area contributed by atoms with Crippen LogP contribution in [0.25, 0.3) is 32.9 Å². The fourth-order valence-electron chi connectivity index (χ4n) is 7.87. The summed E-state index contributed by atoms with van der Waals surface area (Å²) in [7, 11) is 0. The molecule has 46 heavy (non-hydrogen) atoms. The maximum absolute atomic E-state index is 16.9. The molecule has 5 heterocycles. The Hall–Kier alpha value is -3.63. The average Bonchev–Trinajstić information content (AvgIpc) is 3.82. The number of aromatic hydroxyl groups is 1. The molecule has 2 aromatic heterocycles. The summed E-state index contributed by atoms with van der Waals surface area (Å²) in [4.78, 5) is 18.9. The number of benzene rings is 2. The van der Waals surface area contributed by atoms with Gasteiger partial charge in [0.2, 0.25) is 0 Å². The number of likely N-dealkylation sites (tertiary alicyclic amines) is 1. The van der Waals surface area contributed by atoms with Crippen LogP contribution >= 0.6 is 0 Å². The summed E-state index contributed by atoms with van der Waals surface area (Å²) >= 11 is 0. The Labute approximate surface area is 267 Å². The van der Waals surface area contributed by atoms with Gasteiger partial charge in [0.1, 0.15) is 28.6 Å². The van der Waals surface area contributed by atoms with Crippen molar-refractivity contribution in [3.63, 3.8) is 0 Å². The van der Waals surface area contributed by atoms with Crippen LogP contribution in [0.1, 0.15) is 63.9 Å². The van der Waals surface area contributed by atoms with Crippen molar-refractivity contribution in [1.82, 2.24) is 19.9 Å². The number of phenolic OH excluding ortho intramolecular Hbond substituents is 1. The first-order chi connectivity index (χ1) is 22.4. The number of hydrogen-bond acceptors (Lipinski definition) is 8. The van der Waals surface area contributed by atoms with Crippen molar-refractivity contribution in [2.75, 3.05) is 50.8 Å². The number of piperidine rings is 2. The van der Waals surface area contributed by atoms with Crippen molar-refractivity contribution >= 4 is 27.5 Å². The molecule has 4 aliphatic rings. The Kier molecular flexibility index (Phi) is 7.48. The lowest BCUT2D eigenvalue weighted by molar-refractivity contribution is -0.151. The van der Waals surface area contributed by atoms with Crippen LogP contribution < -0.4 is 9.64 Å². The SMILES string of the molecule is CCc1c(F)ccc2cc(O)cc(-c3ncc4c(N5CCCC6(CCO6)C5)nc(OCC5(CN6CCCCC6)CC5)nc4c3F)c12. The number of anilines is 1. The molecule has 1 aliphatic carbocycles. The van der Waals surface area contributed by atoms with E-state index in [2.05, 4.69) is 19.8 Å². The second kappa shape index (κ2) is 11.6. The molecule has 2 aromatic carbocycles. The molecule has 3 aliphatic heterocycles. The first-order valence-electron chi connectivity index (χ1n) is 16.9. The van der Waals surface area contributed by atoms with Gasteiger partial charge in [0.05, 0.1) is 24.2 Å². The number of ether oxygens (including phenoxy) is 2. The lowest BCUT2D eigenvalue weighted by Gasteiger charge is -2.48. The van der Waals surface area contributed by atoms with Crippen molar-refractivity contribution in [2.24, 2.45) is 5.41 Å². The van der Waals surface area contributed by atoms with Crippen molar-refractivity contribution in [3.8, 4) is 23.0 Å². The van der Waals surface area contributed by atoms with Gasteiger partial charge in [0.25, 0.3) is 0 Å². The number of aryl methyl sites for hydroxylation is 1. The van der Waals surface area contributed by atoms with Crippen LogP contribution in [0.3, 0.4) is 0 Å². The smallest absolute Gasteiger partial charge is 0.319 e. The highest BCUT2D eigenvalue weighted by Crippen LogP contribution is 2.47. The zero-order chi connectivity index (χ0) is 31.5. The Balaban J connectivity index is 1.22. The highest BCUT2D eigenvalue weighted by Gasteiger charge is 2.46. The van der Waals surface area contributed by atoms with Crippen molar-refractivity contribution in [3.05, 3.63) is 47.7 Å². The zero-order valence-electron chi connectivity index (χ0n) is 26.5. The lowest BCUT2D eigenvalue weighted by Crippen LogP contribution is -2.56. The van der Waals surface area contributed by atoms with E-state index in [-0.39, 0.29) is 39.8 Å². The first kappa shape index (κ1) is 29.8. The number of hydrogen-bond donors (Lipinski definition) is 1. The van der Waals surface area contributed by atoms with Gasteiger partial charge < -0.3 is 24.4 Å². The van der Waals surface area contributed by atoms with Crippen molar-refractivity contribution in [2.45, 2.75) is 70.3 Å². The molecule has 4 fully saturated rings. The van der Waals surface area contributed by atoms with E-state index in [1.807, 2.05) is 6.92 Å². The third kappa shape index (κ3) is 5.33. The van der Waals surface area contributed by atoms with Gasteiger partial charge in [0, 0.05) is 43.2 Å². The third-order valence-corrected chi connectivity index (χ3v) is 10.7. The maximum atomic E-state index is 16.9. The molecular weight excluding hydrogens is 588 g/mol. The molecule has 10 heteroatoms. The van der Waals surface area contributed by atoms with E-state index in [4.69, 9.17) is 14.5 Å². The molecule has 1 spiro atoms. The van der Waals surface area contributed by atoms with Crippen LogP contribution in [0.15, 0.2) is 30.5 Å². The monoisotopic (exact) mass is 629 g/mol. The van der Waals surface area contributed by atoms with E-state index in [0.29, 0.717) is 52.7 Å². The molecular formula is C36H41F2N5O3. The van der Waals surface area contributed by atoms with Crippen LogP contribution in [-0.4, -0.2) is 76.5 Å². The second-order valence-electron chi connectivity index (χ2n) is 13.9. The van der Waals surface area contributed by atoms with Gasteiger partial charge in [-0.15, -0.1) is 0 Å². The third-order valence-electron chi connectivity index (χ3n) is 10.7. The molecule has 242 valence electrons. The normalized spacial score (nSPS) is 22.8. The molecule has 1 N–H and O–H groups in total. The maximum Gasteiger partial charge on any atom is 0.319 e. The topological polar surface area (TPSA) is 83.8 Å². The van der Waals surface area contributed by atoms with Crippen LogP contribution in [0.2, 0.25) is 0 Å². The molecule has 1 unspecified atom stereocenters. The number of halogens is 2. The van der Waals surface area contributed by atoms with Crippen molar-refractivity contribution < 1.29 is 23.4 Å². The van der Waals surface area contributed by atoms with Crippen LogP contribution in [0.4, 0.5) is 14.6 Å². The summed E-state index contributed by atoms with van der Waals surface area (Å²) in [6.07, 6.45) is 10.9. The molecule has 0 radical (unpaired) electrons. The van der Waals surface area contributed by atoms with Crippen LogP contribution in [0, 0.1) is 17.0 Å². The van der Waals surface area contributed by atoms with E-state index < -0.39 is 5.82 Å². The predicted molar refractivity (Wildman–Crippen MR) is 173 cm³/mol. The highest BCUT2D eigenvalue weighted by molar-refractivity contribution is 6.01. The molecule has 8 rings (SSSR count). The fourth-order valence-corrected chi connectivity index (χ4v) is 7.87. The highest BCUT2D eigenvalue weighted by atomic mass is 19.1. The van der Waals surface area contributed by atoms with Gasteiger partial charge in [-0.2, -0.15) is 9.97 Å². The van der Waals surface area contributed by atoms with E-state index in [1.165, 1.54) is 31.4 Å².